The maximum Gasteiger partial charge on any atom is 0.326 e. The Hall–Kier alpha value is -8.44. The van der Waals surface area contributed by atoms with Crippen LogP contribution in [-0.2, 0) is 70.4 Å². The number of aromatic hydroxyl groups is 2. The van der Waals surface area contributed by atoms with E-state index >= 15 is 0 Å². The second-order valence-corrected chi connectivity index (χ2v) is 17.3. The summed E-state index contributed by atoms with van der Waals surface area (Å²) in [6.45, 7) is -1.60. The topological polar surface area (TPSA) is 492 Å². The Kier molecular flexibility index (Phi) is 24.3. The van der Waals surface area contributed by atoms with Crippen molar-refractivity contribution >= 4 is 71.1 Å². The Morgan fingerprint density at radius 1 is 0.560 bits per heavy atom. The van der Waals surface area contributed by atoms with Gasteiger partial charge in [-0.3, -0.25) is 52.7 Å². The standard InChI is InChI=1S/C46H63N11O18/c47-14-2-1-4-27(46(74)75)51-41(69)30(18-35(49)61)52-42(70)31(19-37(63)64)53-40(68)29(17-24-8-12-26(60)13-9-24)54-44(72)34-5-3-15-57(34)45(73)32(20-38(65)66)55-43(71)33(22-58)56-39(67)28(50-36(62)21-48)16-23-6-10-25(59)11-7-23/h6-13,27-34,58-60H,1-5,14-22,47-48H2,(H2,49,61)(H,50,62)(H,51,69)(H,52,70)(H,53,68)(H,54,72)(H,55,71)(H,56,67)(H,63,64)(H,65,66)(H,74,75). The summed E-state index contributed by atoms with van der Waals surface area (Å²) in [5.74, 6) is -15.1. The highest BCUT2D eigenvalue weighted by Crippen LogP contribution is 2.21. The van der Waals surface area contributed by atoms with Gasteiger partial charge < -0.3 is 90.0 Å². The normalized spacial score (nSPS) is 15.7. The van der Waals surface area contributed by atoms with E-state index in [-0.39, 0.29) is 62.3 Å². The maximum atomic E-state index is 14.1. The zero-order valence-corrected chi connectivity index (χ0v) is 40.4. The van der Waals surface area contributed by atoms with Crippen LogP contribution in [0.4, 0.5) is 0 Å². The van der Waals surface area contributed by atoms with Crippen LogP contribution in [0.5, 0.6) is 11.5 Å². The summed E-state index contributed by atoms with van der Waals surface area (Å²) in [5.41, 5.74) is 16.9. The summed E-state index contributed by atoms with van der Waals surface area (Å²) in [7, 11) is 0. The van der Waals surface area contributed by atoms with Gasteiger partial charge in [0.2, 0.25) is 53.2 Å². The summed E-state index contributed by atoms with van der Waals surface area (Å²) in [6, 6.07) is -3.02. The predicted molar refractivity (Wildman–Crippen MR) is 257 cm³/mol. The zero-order chi connectivity index (χ0) is 55.9. The summed E-state index contributed by atoms with van der Waals surface area (Å²) < 4.78 is 0. The second-order valence-electron chi connectivity index (χ2n) is 17.3. The highest BCUT2D eigenvalue weighted by atomic mass is 16.4. The number of primary amides is 1. The molecule has 410 valence electrons. The van der Waals surface area contributed by atoms with Crippen molar-refractivity contribution < 1.29 is 88.2 Å². The number of aliphatic hydroxyl groups excluding tert-OH is 1. The van der Waals surface area contributed by atoms with E-state index in [1.165, 1.54) is 48.5 Å². The molecule has 0 aliphatic carbocycles. The van der Waals surface area contributed by atoms with E-state index in [9.17, 15) is 88.2 Å². The van der Waals surface area contributed by atoms with Gasteiger partial charge in [-0.25, -0.2) is 4.79 Å². The molecule has 1 aliphatic heterocycles. The van der Waals surface area contributed by atoms with Crippen LogP contribution in [0.1, 0.15) is 62.5 Å². The molecule has 0 bridgehead atoms. The second kappa shape index (κ2) is 29.9. The molecule has 9 amide bonds. The molecule has 2 aromatic carbocycles. The zero-order valence-electron chi connectivity index (χ0n) is 40.4. The van der Waals surface area contributed by atoms with Crippen LogP contribution >= 0.6 is 0 Å². The number of carbonyl (C=O) groups excluding carboxylic acids is 9. The van der Waals surface area contributed by atoms with E-state index in [2.05, 4.69) is 37.2 Å². The van der Waals surface area contributed by atoms with E-state index in [0.29, 0.717) is 12.0 Å². The molecule has 75 heavy (non-hydrogen) atoms. The quantitative estimate of drug-likeness (QED) is 0.0313. The van der Waals surface area contributed by atoms with E-state index in [1.54, 1.807) is 0 Å². The molecule has 1 heterocycles. The predicted octanol–water partition coefficient (Wildman–Crippen LogP) is -5.74. The number of nitrogens with one attached hydrogen (secondary N) is 7. The van der Waals surface area contributed by atoms with Crippen LogP contribution in [0.3, 0.4) is 0 Å². The molecule has 1 saturated heterocycles. The number of unbranched alkanes of at least 4 members (excludes halogenated alkanes) is 1. The van der Waals surface area contributed by atoms with Gasteiger partial charge in [0.25, 0.3) is 0 Å². The van der Waals surface area contributed by atoms with Crippen molar-refractivity contribution in [2.75, 3.05) is 26.2 Å². The number of carbonyl (C=O) groups is 12. The van der Waals surface area contributed by atoms with Crippen LogP contribution < -0.4 is 54.4 Å². The van der Waals surface area contributed by atoms with Crippen molar-refractivity contribution in [2.45, 2.75) is 113 Å². The number of aliphatic hydroxyl groups is 1. The third-order valence-corrected chi connectivity index (χ3v) is 11.5. The summed E-state index contributed by atoms with van der Waals surface area (Å²) >= 11 is 0. The number of phenolic OH excluding ortho intramolecular Hbond substituents is 2. The van der Waals surface area contributed by atoms with Gasteiger partial charge in [0.15, 0.2) is 0 Å². The number of aliphatic carboxylic acids is 3. The minimum Gasteiger partial charge on any atom is -0.508 e. The van der Waals surface area contributed by atoms with Gasteiger partial charge in [-0.2, -0.15) is 0 Å². The Balaban J connectivity index is 1.87. The fraction of sp³-hybridized carbons (Fsp3) is 0.478. The van der Waals surface area contributed by atoms with Gasteiger partial charge in [-0.05, 0) is 74.0 Å². The molecule has 29 nitrogen and oxygen atoms in total. The van der Waals surface area contributed by atoms with Crippen LogP contribution in [0.15, 0.2) is 48.5 Å². The first kappa shape index (κ1) is 60.9. The van der Waals surface area contributed by atoms with Gasteiger partial charge in [0.1, 0.15) is 59.8 Å². The lowest BCUT2D eigenvalue weighted by Crippen LogP contribution is -2.61. The molecule has 0 radical (unpaired) electrons. The number of phenols is 2. The Bertz CT molecular complexity index is 2390. The van der Waals surface area contributed by atoms with E-state index in [1.807, 2.05) is 0 Å². The van der Waals surface area contributed by atoms with Gasteiger partial charge in [-0.15, -0.1) is 0 Å². The van der Waals surface area contributed by atoms with Crippen molar-refractivity contribution in [1.29, 1.82) is 0 Å². The Labute approximate surface area is 427 Å². The summed E-state index contributed by atoms with van der Waals surface area (Å²) in [4.78, 5) is 157. The molecule has 0 saturated carbocycles. The first-order valence-electron chi connectivity index (χ1n) is 23.4. The number of rotatable bonds is 31. The fourth-order valence-electron chi connectivity index (χ4n) is 7.65. The van der Waals surface area contributed by atoms with Gasteiger partial charge >= 0.3 is 17.9 Å². The monoisotopic (exact) mass is 1060 g/mol. The molecule has 19 N–H and O–H groups in total. The number of carboxylic acids is 3. The average Bonchev–Trinajstić information content (AvgIpc) is 3.85. The van der Waals surface area contributed by atoms with E-state index < -0.39 is 158 Å². The van der Waals surface area contributed by atoms with Gasteiger partial charge in [-0.1, -0.05) is 24.3 Å². The number of amides is 9. The lowest BCUT2D eigenvalue weighted by Gasteiger charge is -2.30. The molecule has 8 atom stereocenters. The molecule has 1 aliphatic rings. The highest BCUT2D eigenvalue weighted by molar-refractivity contribution is 6.00. The van der Waals surface area contributed by atoms with Crippen LogP contribution in [0, 0.1) is 0 Å². The van der Waals surface area contributed by atoms with E-state index in [4.69, 9.17) is 17.2 Å². The molecule has 8 unspecified atom stereocenters. The largest absolute Gasteiger partial charge is 0.508 e. The minimum absolute atomic E-state index is 0.0891. The number of likely N-dealkylation sites (tertiary alicyclic amines) is 1. The van der Waals surface area contributed by atoms with Crippen LogP contribution in [0.25, 0.3) is 0 Å². The average molecular weight is 1060 g/mol. The molecule has 2 aromatic rings. The molecule has 0 spiro atoms. The first-order chi connectivity index (χ1) is 35.5. The molecule has 3 rings (SSSR count). The Morgan fingerprint density at radius 2 is 1.00 bits per heavy atom. The van der Waals surface area contributed by atoms with Crippen molar-refractivity contribution in [2.24, 2.45) is 17.2 Å². The molecule has 1 fully saturated rings. The third-order valence-electron chi connectivity index (χ3n) is 11.5. The number of hydrogen-bond donors (Lipinski definition) is 16. The van der Waals surface area contributed by atoms with Crippen molar-refractivity contribution in [3.63, 3.8) is 0 Å². The molecular weight excluding hydrogens is 995 g/mol. The van der Waals surface area contributed by atoms with Crippen molar-refractivity contribution in [3.8, 4) is 11.5 Å². The highest BCUT2D eigenvalue weighted by Gasteiger charge is 2.41. The third kappa shape index (κ3) is 20.2. The van der Waals surface area contributed by atoms with Crippen LogP contribution in [-0.4, -0.2) is 181 Å². The molecule has 29 heteroatoms. The van der Waals surface area contributed by atoms with E-state index in [0.717, 1.165) is 4.90 Å². The number of hydrogen-bond acceptors (Lipinski definition) is 17. The minimum atomic E-state index is -2.04. The maximum absolute atomic E-state index is 14.1. The van der Waals surface area contributed by atoms with Crippen LogP contribution in [0.2, 0.25) is 0 Å². The lowest BCUT2D eigenvalue weighted by molar-refractivity contribution is -0.146. The smallest absolute Gasteiger partial charge is 0.326 e. The van der Waals surface area contributed by atoms with Crippen molar-refractivity contribution in [3.05, 3.63) is 59.7 Å². The number of nitrogens with two attached hydrogens (primary N) is 3. The van der Waals surface area contributed by atoms with Crippen molar-refractivity contribution in [1.82, 2.24) is 42.1 Å². The van der Waals surface area contributed by atoms with Gasteiger partial charge in [0.05, 0.1) is 32.4 Å². The molecule has 0 aromatic heterocycles. The number of nitrogens with zero attached hydrogens (tertiary/aromatic N) is 1. The molecular formula is C46H63N11O18. The number of carboxylic acid groups (broad SMARTS) is 3. The number of benzene rings is 2. The SMILES string of the molecule is NCCCCC(NC(=O)C(CC(N)=O)NC(=O)C(CC(=O)O)NC(=O)C(Cc1ccc(O)cc1)NC(=O)C1CCCN1C(=O)C(CC(=O)O)NC(=O)C(CO)NC(=O)C(Cc1ccc(O)cc1)NC(=O)CN)C(=O)O. The lowest BCUT2D eigenvalue weighted by atomic mass is 10.0. The summed E-state index contributed by atoms with van der Waals surface area (Å²) in [6.07, 6.45) is -3.09. The summed E-state index contributed by atoms with van der Waals surface area (Å²) in [5, 5.41) is 74.6. The Morgan fingerprint density at radius 3 is 1.47 bits per heavy atom. The fourth-order valence-corrected chi connectivity index (χ4v) is 7.65. The van der Waals surface area contributed by atoms with Gasteiger partial charge in [0, 0.05) is 19.4 Å². The first-order valence-corrected chi connectivity index (χ1v) is 23.4.